The van der Waals surface area contributed by atoms with Crippen LogP contribution in [0.2, 0.25) is 5.02 Å². The number of aromatic nitrogens is 2. The minimum absolute atomic E-state index is 0.320. The molecule has 0 unspecified atom stereocenters. The Bertz CT molecular complexity index is 559. The molecular formula is C13H17ClN4O2. The van der Waals surface area contributed by atoms with Gasteiger partial charge < -0.3 is 19.8 Å². The second-order valence-electron chi connectivity index (χ2n) is 4.28. The van der Waals surface area contributed by atoms with E-state index in [9.17, 15) is 0 Å². The third-order valence-corrected chi connectivity index (χ3v) is 2.92. The SMILES string of the molecule is COCCNCc1nnc(Nc2cc(C)ccc2Cl)o1. The number of benzene rings is 1. The van der Waals surface area contributed by atoms with Gasteiger partial charge in [-0.1, -0.05) is 22.8 Å². The maximum absolute atomic E-state index is 6.09. The molecule has 20 heavy (non-hydrogen) atoms. The van der Waals surface area contributed by atoms with Crippen molar-refractivity contribution < 1.29 is 9.15 Å². The molecule has 0 amide bonds. The molecule has 1 aromatic heterocycles. The van der Waals surface area contributed by atoms with E-state index in [2.05, 4.69) is 20.8 Å². The number of aryl methyl sites for hydroxylation is 1. The Morgan fingerprint density at radius 1 is 1.35 bits per heavy atom. The Morgan fingerprint density at radius 3 is 3.00 bits per heavy atom. The van der Waals surface area contributed by atoms with Crippen molar-refractivity contribution in [2.75, 3.05) is 25.6 Å². The number of halogens is 1. The summed E-state index contributed by atoms with van der Waals surface area (Å²) in [6.45, 7) is 3.85. The number of rotatable bonds is 7. The van der Waals surface area contributed by atoms with Crippen LogP contribution in [0.15, 0.2) is 22.6 Å². The molecule has 0 aliphatic carbocycles. The highest BCUT2D eigenvalue weighted by Crippen LogP contribution is 2.25. The largest absolute Gasteiger partial charge is 0.406 e. The molecule has 7 heteroatoms. The van der Waals surface area contributed by atoms with Gasteiger partial charge in [-0.3, -0.25) is 0 Å². The molecule has 0 atom stereocenters. The summed E-state index contributed by atoms with van der Waals surface area (Å²) in [7, 11) is 1.65. The van der Waals surface area contributed by atoms with Gasteiger partial charge in [0.25, 0.3) is 0 Å². The molecule has 0 saturated carbocycles. The molecule has 0 radical (unpaired) electrons. The lowest BCUT2D eigenvalue weighted by Gasteiger charge is -2.04. The molecule has 2 aromatic rings. The highest BCUT2D eigenvalue weighted by Gasteiger charge is 2.08. The molecule has 0 spiro atoms. The Hall–Kier alpha value is -1.63. The van der Waals surface area contributed by atoms with E-state index in [4.69, 9.17) is 20.8 Å². The van der Waals surface area contributed by atoms with Gasteiger partial charge >= 0.3 is 6.01 Å². The maximum atomic E-state index is 6.09. The first-order valence-corrected chi connectivity index (χ1v) is 6.62. The van der Waals surface area contributed by atoms with Crippen LogP contribution >= 0.6 is 11.6 Å². The molecule has 1 heterocycles. The van der Waals surface area contributed by atoms with E-state index in [0.717, 1.165) is 17.8 Å². The molecule has 0 aliphatic heterocycles. The first kappa shape index (κ1) is 14.8. The molecule has 108 valence electrons. The van der Waals surface area contributed by atoms with Crippen LogP contribution in [-0.2, 0) is 11.3 Å². The number of hydrogen-bond acceptors (Lipinski definition) is 6. The van der Waals surface area contributed by atoms with E-state index in [1.54, 1.807) is 7.11 Å². The zero-order chi connectivity index (χ0) is 14.4. The standard InChI is InChI=1S/C13H17ClN4O2/c1-9-3-4-10(14)11(7-9)16-13-18-17-12(20-13)8-15-5-6-19-2/h3-4,7,15H,5-6,8H2,1-2H3,(H,16,18). The van der Waals surface area contributed by atoms with Crippen molar-refractivity contribution in [1.82, 2.24) is 15.5 Å². The summed E-state index contributed by atoms with van der Waals surface area (Å²) in [5.74, 6) is 0.507. The fourth-order valence-electron chi connectivity index (χ4n) is 1.60. The van der Waals surface area contributed by atoms with Crippen LogP contribution in [0.5, 0.6) is 0 Å². The quantitative estimate of drug-likeness (QED) is 0.765. The summed E-state index contributed by atoms with van der Waals surface area (Å²) in [4.78, 5) is 0. The number of anilines is 2. The van der Waals surface area contributed by atoms with Gasteiger partial charge in [0.15, 0.2) is 0 Å². The first-order valence-electron chi connectivity index (χ1n) is 6.24. The van der Waals surface area contributed by atoms with Crippen molar-refractivity contribution in [3.05, 3.63) is 34.7 Å². The van der Waals surface area contributed by atoms with E-state index < -0.39 is 0 Å². The second-order valence-corrected chi connectivity index (χ2v) is 4.69. The van der Waals surface area contributed by atoms with Gasteiger partial charge in [-0.15, -0.1) is 5.10 Å². The minimum atomic E-state index is 0.320. The lowest BCUT2D eigenvalue weighted by molar-refractivity contribution is 0.198. The van der Waals surface area contributed by atoms with Crippen molar-refractivity contribution >= 4 is 23.3 Å². The van der Waals surface area contributed by atoms with Crippen molar-refractivity contribution in [3.63, 3.8) is 0 Å². The number of hydrogen-bond donors (Lipinski definition) is 2. The normalized spacial score (nSPS) is 10.8. The van der Waals surface area contributed by atoms with Crippen LogP contribution in [-0.4, -0.2) is 30.5 Å². The van der Waals surface area contributed by atoms with Crippen LogP contribution in [0.25, 0.3) is 0 Å². The molecule has 0 saturated heterocycles. The molecule has 2 N–H and O–H groups in total. The van der Waals surface area contributed by atoms with Crippen LogP contribution in [0.1, 0.15) is 11.5 Å². The highest BCUT2D eigenvalue weighted by atomic mass is 35.5. The number of nitrogens with one attached hydrogen (secondary N) is 2. The van der Waals surface area contributed by atoms with Crippen molar-refractivity contribution in [2.24, 2.45) is 0 Å². The smallest absolute Gasteiger partial charge is 0.320 e. The van der Waals surface area contributed by atoms with Crippen LogP contribution in [0.3, 0.4) is 0 Å². The van der Waals surface area contributed by atoms with E-state index >= 15 is 0 Å². The molecule has 2 rings (SSSR count). The highest BCUT2D eigenvalue weighted by molar-refractivity contribution is 6.33. The monoisotopic (exact) mass is 296 g/mol. The number of ether oxygens (including phenoxy) is 1. The molecule has 0 fully saturated rings. The Labute approximate surface area is 122 Å². The fourth-order valence-corrected chi connectivity index (χ4v) is 1.76. The predicted molar refractivity (Wildman–Crippen MR) is 77.4 cm³/mol. The Balaban J connectivity index is 1.93. The van der Waals surface area contributed by atoms with Gasteiger partial charge in [0, 0.05) is 13.7 Å². The minimum Gasteiger partial charge on any atom is -0.406 e. The first-order chi connectivity index (χ1) is 9.69. The zero-order valence-corrected chi connectivity index (χ0v) is 12.2. The Kier molecular flexibility index (Phi) is 5.34. The summed E-state index contributed by atoms with van der Waals surface area (Å²) < 4.78 is 10.4. The molecule has 6 nitrogen and oxygen atoms in total. The predicted octanol–water partition coefficient (Wildman–Crippen LogP) is 2.51. The van der Waals surface area contributed by atoms with Gasteiger partial charge in [-0.05, 0) is 24.6 Å². The van der Waals surface area contributed by atoms with Gasteiger partial charge in [-0.25, -0.2) is 0 Å². The molecule has 1 aromatic carbocycles. The molecular weight excluding hydrogens is 280 g/mol. The van der Waals surface area contributed by atoms with Crippen LogP contribution < -0.4 is 10.6 Å². The molecule has 0 bridgehead atoms. The third-order valence-electron chi connectivity index (χ3n) is 2.59. The molecule has 0 aliphatic rings. The lowest BCUT2D eigenvalue weighted by Crippen LogP contribution is -2.18. The third kappa shape index (κ3) is 4.19. The summed E-state index contributed by atoms with van der Waals surface area (Å²) in [6.07, 6.45) is 0. The topological polar surface area (TPSA) is 72.2 Å². The fraction of sp³-hybridized carbons (Fsp3) is 0.385. The summed E-state index contributed by atoms with van der Waals surface area (Å²) in [5.41, 5.74) is 1.84. The average Bonchev–Trinajstić information content (AvgIpc) is 2.87. The van der Waals surface area contributed by atoms with Gasteiger partial charge in [-0.2, -0.15) is 0 Å². The van der Waals surface area contributed by atoms with Crippen LogP contribution in [0.4, 0.5) is 11.7 Å². The van der Waals surface area contributed by atoms with E-state index in [1.165, 1.54) is 0 Å². The van der Waals surface area contributed by atoms with Crippen LogP contribution in [0, 0.1) is 6.92 Å². The lowest BCUT2D eigenvalue weighted by atomic mass is 10.2. The number of nitrogens with zero attached hydrogens (tertiary/aromatic N) is 2. The van der Waals surface area contributed by atoms with Gasteiger partial charge in [0.05, 0.1) is 23.9 Å². The van der Waals surface area contributed by atoms with Crippen molar-refractivity contribution in [2.45, 2.75) is 13.5 Å². The summed E-state index contributed by atoms with van der Waals surface area (Å²) >= 11 is 6.09. The summed E-state index contributed by atoms with van der Waals surface area (Å²) in [5, 5.41) is 14.6. The maximum Gasteiger partial charge on any atom is 0.320 e. The summed E-state index contributed by atoms with van der Waals surface area (Å²) in [6, 6.07) is 6.00. The zero-order valence-electron chi connectivity index (χ0n) is 11.4. The number of methoxy groups -OCH3 is 1. The Morgan fingerprint density at radius 2 is 2.20 bits per heavy atom. The average molecular weight is 297 g/mol. The van der Waals surface area contributed by atoms with Gasteiger partial charge in [0.1, 0.15) is 0 Å². The van der Waals surface area contributed by atoms with E-state index in [1.807, 2.05) is 25.1 Å². The van der Waals surface area contributed by atoms with Crippen molar-refractivity contribution in [1.29, 1.82) is 0 Å². The second kappa shape index (κ2) is 7.23. The van der Waals surface area contributed by atoms with E-state index in [-0.39, 0.29) is 0 Å². The van der Waals surface area contributed by atoms with Crippen molar-refractivity contribution in [3.8, 4) is 0 Å². The van der Waals surface area contributed by atoms with E-state index in [0.29, 0.717) is 30.1 Å². The van der Waals surface area contributed by atoms with Gasteiger partial charge in [0.2, 0.25) is 5.89 Å².